The molecule has 1 saturated heterocycles. The van der Waals surface area contributed by atoms with Crippen molar-refractivity contribution in [1.82, 2.24) is 5.32 Å². The predicted molar refractivity (Wildman–Crippen MR) is 122 cm³/mol. The maximum Gasteiger partial charge on any atom is 0.329 e. The Labute approximate surface area is 174 Å². The SMILES string of the molecule is C=C([C@@H](C)[C@]1(C(C)C)NC(=O)N(c2ccccc2)C1=O)[Si](C)(C)c1ccccc1. The summed E-state index contributed by atoms with van der Waals surface area (Å²) in [6, 6.07) is 19.1. The van der Waals surface area contributed by atoms with Crippen LogP contribution in [0.4, 0.5) is 10.5 Å². The summed E-state index contributed by atoms with van der Waals surface area (Å²) in [6.45, 7) is 15.0. The van der Waals surface area contributed by atoms with Crippen molar-refractivity contribution in [2.75, 3.05) is 4.90 Å². The number of para-hydroxylation sites is 1. The molecule has 0 radical (unpaired) electrons. The normalized spacial score (nSPS) is 20.7. The van der Waals surface area contributed by atoms with Crippen LogP contribution in [0.3, 0.4) is 0 Å². The number of carbonyl (C=O) groups is 2. The first-order valence-corrected chi connectivity index (χ1v) is 13.1. The van der Waals surface area contributed by atoms with Gasteiger partial charge in [-0.3, -0.25) is 4.79 Å². The molecular formula is C24H30N2O2Si. The third kappa shape index (κ3) is 3.33. The highest BCUT2D eigenvalue weighted by Crippen LogP contribution is 2.40. The van der Waals surface area contributed by atoms with Crippen LogP contribution >= 0.6 is 0 Å². The second-order valence-electron chi connectivity index (χ2n) is 8.67. The van der Waals surface area contributed by atoms with Gasteiger partial charge in [-0.05, 0) is 18.1 Å². The van der Waals surface area contributed by atoms with Crippen LogP contribution < -0.4 is 15.4 Å². The first kappa shape index (κ1) is 21.1. The minimum atomic E-state index is -2.08. The largest absolute Gasteiger partial charge is 0.329 e. The predicted octanol–water partition coefficient (Wildman–Crippen LogP) is 4.48. The number of amides is 3. The van der Waals surface area contributed by atoms with Crippen molar-refractivity contribution in [3.63, 3.8) is 0 Å². The van der Waals surface area contributed by atoms with Gasteiger partial charge in [0.2, 0.25) is 0 Å². The molecule has 3 rings (SSSR count). The molecular weight excluding hydrogens is 376 g/mol. The van der Waals surface area contributed by atoms with Crippen LogP contribution in [0.2, 0.25) is 13.1 Å². The molecule has 0 spiro atoms. The van der Waals surface area contributed by atoms with E-state index in [0.717, 1.165) is 5.20 Å². The lowest BCUT2D eigenvalue weighted by Gasteiger charge is -2.41. The molecule has 2 aromatic rings. The Morgan fingerprint density at radius 1 is 0.966 bits per heavy atom. The zero-order valence-electron chi connectivity index (χ0n) is 17.9. The molecule has 152 valence electrons. The van der Waals surface area contributed by atoms with Crippen molar-refractivity contribution < 1.29 is 9.59 Å². The summed E-state index contributed by atoms with van der Waals surface area (Å²) in [5.74, 6) is -0.482. The second-order valence-corrected chi connectivity index (χ2v) is 13.1. The molecule has 0 bridgehead atoms. The fourth-order valence-corrected chi connectivity index (χ4v) is 7.12. The van der Waals surface area contributed by atoms with Crippen LogP contribution in [0.25, 0.3) is 0 Å². The topological polar surface area (TPSA) is 49.4 Å². The molecule has 1 N–H and O–H groups in total. The number of nitrogens with one attached hydrogen (secondary N) is 1. The van der Waals surface area contributed by atoms with E-state index in [0.29, 0.717) is 5.69 Å². The van der Waals surface area contributed by atoms with Crippen LogP contribution in [0.1, 0.15) is 20.8 Å². The summed E-state index contributed by atoms with van der Waals surface area (Å²) in [5.41, 5.74) is -0.418. The van der Waals surface area contributed by atoms with Crippen LogP contribution in [0, 0.1) is 11.8 Å². The number of hydrogen-bond acceptors (Lipinski definition) is 2. The molecule has 1 aliphatic rings. The molecule has 0 aromatic heterocycles. The van der Waals surface area contributed by atoms with E-state index in [4.69, 9.17) is 0 Å². The highest BCUT2D eigenvalue weighted by Gasteiger charge is 2.58. The maximum absolute atomic E-state index is 13.7. The van der Waals surface area contributed by atoms with Gasteiger partial charge < -0.3 is 5.32 Å². The zero-order valence-corrected chi connectivity index (χ0v) is 18.9. The number of hydrogen-bond donors (Lipinski definition) is 1. The number of urea groups is 1. The van der Waals surface area contributed by atoms with E-state index >= 15 is 0 Å². The lowest BCUT2D eigenvalue weighted by atomic mass is 9.75. The van der Waals surface area contributed by atoms with Gasteiger partial charge in [0.05, 0.1) is 5.69 Å². The third-order valence-corrected chi connectivity index (χ3v) is 10.3. The minimum absolute atomic E-state index is 0.0833. The molecule has 4 nitrogen and oxygen atoms in total. The van der Waals surface area contributed by atoms with Crippen LogP contribution in [-0.2, 0) is 4.79 Å². The molecule has 1 fully saturated rings. The van der Waals surface area contributed by atoms with Crippen LogP contribution in [0.5, 0.6) is 0 Å². The van der Waals surface area contributed by atoms with E-state index in [1.807, 2.05) is 57.2 Å². The lowest BCUT2D eigenvalue weighted by molar-refractivity contribution is -0.125. The van der Waals surface area contributed by atoms with Crippen molar-refractivity contribution in [2.45, 2.75) is 39.4 Å². The molecule has 0 saturated carbocycles. The minimum Gasteiger partial charge on any atom is -0.322 e. The van der Waals surface area contributed by atoms with Gasteiger partial charge in [-0.15, -0.1) is 6.58 Å². The Balaban J connectivity index is 2.02. The Bertz CT molecular complexity index is 924. The maximum atomic E-state index is 13.7. The number of benzene rings is 2. The molecule has 29 heavy (non-hydrogen) atoms. The van der Waals surface area contributed by atoms with Gasteiger partial charge in [0.15, 0.2) is 0 Å². The number of rotatable bonds is 6. The van der Waals surface area contributed by atoms with Crippen molar-refractivity contribution in [2.24, 2.45) is 11.8 Å². The zero-order chi connectivity index (χ0) is 21.4. The van der Waals surface area contributed by atoms with Gasteiger partial charge in [-0.25, -0.2) is 9.69 Å². The Morgan fingerprint density at radius 2 is 1.48 bits per heavy atom. The highest BCUT2D eigenvalue weighted by atomic mass is 28.3. The molecule has 1 aliphatic heterocycles. The number of anilines is 1. The third-order valence-electron chi connectivity index (χ3n) is 6.50. The molecule has 1 heterocycles. The summed E-state index contributed by atoms with van der Waals surface area (Å²) in [7, 11) is -2.08. The van der Waals surface area contributed by atoms with E-state index in [9.17, 15) is 9.59 Å². The second kappa shape index (κ2) is 7.63. The van der Waals surface area contributed by atoms with Gasteiger partial charge in [-0.1, -0.05) is 92.8 Å². The van der Waals surface area contributed by atoms with Gasteiger partial charge in [0.1, 0.15) is 13.6 Å². The summed E-state index contributed by atoms with van der Waals surface area (Å²) < 4.78 is 0. The van der Waals surface area contributed by atoms with Crippen molar-refractivity contribution in [3.05, 3.63) is 72.4 Å². The van der Waals surface area contributed by atoms with Crippen molar-refractivity contribution >= 4 is 30.9 Å². The first-order chi connectivity index (χ1) is 13.6. The summed E-state index contributed by atoms with van der Waals surface area (Å²) >= 11 is 0. The van der Waals surface area contributed by atoms with Gasteiger partial charge in [0.25, 0.3) is 5.91 Å². The van der Waals surface area contributed by atoms with E-state index in [1.165, 1.54) is 10.1 Å². The van der Waals surface area contributed by atoms with Crippen molar-refractivity contribution in [1.29, 1.82) is 0 Å². The Kier molecular flexibility index (Phi) is 5.54. The molecule has 3 amide bonds. The quantitative estimate of drug-likeness (QED) is 0.568. The Morgan fingerprint density at radius 3 is 2.00 bits per heavy atom. The summed E-state index contributed by atoms with van der Waals surface area (Å²) in [5, 5.41) is 5.40. The smallest absolute Gasteiger partial charge is 0.322 e. The molecule has 2 atom stereocenters. The number of nitrogens with zero attached hydrogens (tertiary/aromatic N) is 1. The first-order valence-electron chi connectivity index (χ1n) is 10.1. The lowest BCUT2D eigenvalue weighted by Crippen LogP contribution is -2.60. The van der Waals surface area contributed by atoms with E-state index in [2.05, 4.69) is 37.1 Å². The van der Waals surface area contributed by atoms with E-state index in [1.54, 1.807) is 12.1 Å². The van der Waals surface area contributed by atoms with Crippen molar-refractivity contribution in [3.8, 4) is 0 Å². The van der Waals surface area contributed by atoms with Gasteiger partial charge >= 0.3 is 6.03 Å². The fourth-order valence-electron chi connectivity index (χ4n) is 4.42. The van der Waals surface area contributed by atoms with Gasteiger partial charge in [-0.2, -0.15) is 0 Å². The van der Waals surface area contributed by atoms with Crippen LogP contribution in [-0.4, -0.2) is 25.6 Å². The summed E-state index contributed by atoms with van der Waals surface area (Å²) in [6.07, 6.45) is 0. The Hall–Kier alpha value is -2.66. The fraction of sp³-hybridized carbons (Fsp3) is 0.333. The monoisotopic (exact) mass is 406 g/mol. The van der Waals surface area contributed by atoms with Crippen LogP contribution in [0.15, 0.2) is 72.4 Å². The molecule has 5 heteroatoms. The average molecular weight is 407 g/mol. The average Bonchev–Trinajstić information content (AvgIpc) is 2.99. The van der Waals surface area contributed by atoms with E-state index < -0.39 is 13.6 Å². The number of imide groups is 1. The van der Waals surface area contributed by atoms with Gasteiger partial charge in [0, 0.05) is 5.92 Å². The molecule has 0 unspecified atom stereocenters. The number of carbonyl (C=O) groups excluding carboxylic acids is 2. The standard InChI is InChI=1S/C24H30N2O2Si/c1-17(2)24(18(3)19(4)29(5,6)21-15-11-8-12-16-21)22(27)26(23(28)25-24)20-13-9-7-10-14-20/h7-18H,4H2,1-3,5-6H3,(H,25,28)/t18-,24+/m1/s1. The highest BCUT2D eigenvalue weighted by molar-refractivity contribution is 6.95. The molecule has 2 aromatic carbocycles. The molecule has 0 aliphatic carbocycles. The summed E-state index contributed by atoms with van der Waals surface area (Å²) in [4.78, 5) is 27.9. The van der Waals surface area contributed by atoms with E-state index in [-0.39, 0.29) is 23.8 Å².